The minimum atomic E-state index is -4.39. The molecule has 4 N–H and O–H groups in total. The highest BCUT2D eigenvalue weighted by atomic mass is 19.4. The number of carbonyl (C=O) groups is 1. The van der Waals surface area contributed by atoms with Crippen molar-refractivity contribution in [3.05, 3.63) is 71.2 Å². The topological polar surface area (TPSA) is 101 Å². The zero-order chi connectivity index (χ0) is 23.1. The van der Waals surface area contributed by atoms with Gasteiger partial charge in [-0.05, 0) is 59.7 Å². The van der Waals surface area contributed by atoms with Crippen LogP contribution in [0, 0.1) is 5.41 Å². The number of nitrogens with one attached hydrogen (secondary N) is 2. The fraction of sp³-hybridized carbons (Fsp3) is 0.261. The zero-order valence-corrected chi connectivity index (χ0v) is 17.2. The first-order valence-corrected chi connectivity index (χ1v) is 9.94. The standard InChI is InChI=1S/C23H23F3N4O2/c24-23(25,26)14-32-13-17-9-19(4-5-20(17)15-1-2-15)30-22(31)6-3-16-12-29-8-7-21(16)18(10-27)11-28/h3-12,15,27H,1-2,13-14,28H2,(H,30,31)/b6-3+,18-11+,27-10?. The fourth-order valence-electron chi connectivity index (χ4n) is 3.25. The molecule has 2 aromatic rings. The number of nitrogens with two attached hydrogens (primary N) is 1. The smallest absolute Gasteiger partial charge is 0.404 e. The van der Waals surface area contributed by atoms with Gasteiger partial charge in [-0.15, -0.1) is 0 Å². The molecule has 6 nitrogen and oxygen atoms in total. The molecule has 0 aliphatic heterocycles. The third kappa shape index (κ3) is 6.52. The lowest BCUT2D eigenvalue weighted by Crippen LogP contribution is -2.17. The molecule has 1 fully saturated rings. The molecular formula is C23H23F3N4O2. The van der Waals surface area contributed by atoms with E-state index in [1.165, 1.54) is 12.3 Å². The summed E-state index contributed by atoms with van der Waals surface area (Å²) in [6, 6.07) is 6.89. The van der Waals surface area contributed by atoms with Gasteiger partial charge < -0.3 is 21.2 Å². The highest BCUT2D eigenvalue weighted by molar-refractivity contribution is 6.10. The summed E-state index contributed by atoms with van der Waals surface area (Å²) in [5, 5.41) is 10.2. The van der Waals surface area contributed by atoms with Crippen LogP contribution in [-0.4, -0.2) is 29.9 Å². The Hall–Kier alpha value is -3.46. The molecule has 1 aliphatic rings. The van der Waals surface area contributed by atoms with E-state index in [0.717, 1.165) is 24.6 Å². The van der Waals surface area contributed by atoms with Gasteiger partial charge in [-0.25, -0.2) is 0 Å². The lowest BCUT2D eigenvalue weighted by molar-refractivity contribution is -0.176. The molecule has 1 heterocycles. The highest BCUT2D eigenvalue weighted by Crippen LogP contribution is 2.42. The number of aromatic nitrogens is 1. The average Bonchev–Trinajstić information content (AvgIpc) is 3.58. The molecule has 0 saturated heterocycles. The van der Waals surface area contributed by atoms with Gasteiger partial charge >= 0.3 is 6.18 Å². The molecule has 1 aromatic carbocycles. The number of hydrogen-bond acceptors (Lipinski definition) is 5. The van der Waals surface area contributed by atoms with Crippen LogP contribution >= 0.6 is 0 Å². The molecule has 0 unspecified atom stereocenters. The first-order valence-electron chi connectivity index (χ1n) is 9.94. The average molecular weight is 444 g/mol. The molecule has 0 spiro atoms. The lowest BCUT2D eigenvalue weighted by Gasteiger charge is -2.13. The molecule has 1 aromatic heterocycles. The monoisotopic (exact) mass is 444 g/mol. The maximum atomic E-state index is 12.4. The van der Waals surface area contributed by atoms with Crippen LogP contribution in [0.3, 0.4) is 0 Å². The summed E-state index contributed by atoms with van der Waals surface area (Å²) in [7, 11) is 0. The SMILES string of the molecule is N=C/C(=C\N)c1ccncc1/C=C/C(=O)Nc1ccc(C2CC2)c(COCC(F)(F)F)c1. The Balaban J connectivity index is 1.71. The third-order valence-corrected chi connectivity index (χ3v) is 4.86. The number of pyridine rings is 1. The molecule has 1 amide bonds. The molecule has 0 atom stereocenters. The maximum Gasteiger partial charge on any atom is 0.411 e. The molecule has 0 radical (unpaired) electrons. The Bertz CT molecular complexity index is 1040. The molecule has 32 heavy (non-hydrogen) atoms. The van der Waals surface area contributed by atoms with Crippen molar-refractivity contribution in [3.63, 3.8) is 0 Å². The van der Waals surface area contributed by atoms with Gasteiger partial charge in [-0.1, -0.05) is 6.07 Å². The van der Waals surface area contributed by atoms with Crippen LogP contribution in [0.1, 0.15) is 41.0 Å². The second-order valence-corrected chi connectivity index (χ2v) is 7.35. The van der Waals surface area contributed by atoms with Crippen molar-refractivity contribution in [2.45, 2.75) is 31.5 Å². The Morgan fingerprint density at radius 2 is 2.09 bits per heavy atom. The van der Waals surface area contributed by atoms with Crippen molar-refractivity contribution >= 4 is 29.5 Å². The van der Waals surface area contributed by atoms with Crippen LogP contribution in [0.5, 0.6) is 0 Å². The number of amides is 1. The van der Waals surface area contributed by atoms with Gasteiger partial charge in [-0.2, -0.15) is 13.2 Å². The quantitative estimate of drug-likeness (QED) is 0.387. The number of halogens is 3. The number of alkyl halides is 3. The van der Waals surface area contributed by atoms with Crippen molar-refractivity contribution < 1.29 is 22.7 Å². The van der Waals surface area contributed by atoms with Crippen LogP contribution in [0.25, 0.3) is 11.6 Å². The largest absolute Gasteiger partial charge is 0.411 e. The fourth-order valence-corrected chi connectivity index (χ4v) is 3.25. The van der Waals surface area contributed by atoms with Crippen LogP contribution in [-0.2, 0) is 16.1 Å². The first kappa shape index (κ1) is 23.2. The molecule has 9 heteroatoms. The van der Waals surface area contributed by atoms with Gasteiger partial charge in [0.15, 0.2) is 0 Å². The van der Waals surface area contributed by atoms with E-state index >= 15 is 0 Å². The Morgan fingerprint density at radius 1 is 1.31 bits per heavy atom. The van der Waals surface area contributed by atoms with E-state index < -0.39 is 18.7 Å². The number of benzene rings is 1. The Labute approximate surface area is 183 Å². The lowest BCUT2D eigenvalue weighted by atomic mass is 10.0. The number of carbonyl (C=O) groups excluding carboxylic acids is 1. The van der Waals surface area contributed by atoms with E-state index in [2.05, 4.69) is 10.3 Å². The van der Waals surface area contributed by atoms with Crippen molar-refractivity contribution in [1.82, 2.24) is 4.98 Å². The van der Waals surface area contributed by atoms with E-state index in [1.54, 1.807) is 36.7 Å². The number of allylic oxidation sites excluding steroid dienone is 1. The first-order chi connectivity index (χ1) is 15.3. The molecule has 1 saturated carbocycles. The summed E-state index contributed by atoms with van der Waals surface area (Å²) < 4.78 is 42.1. The summed E-state index contributed by atoms with van der Waals surface area (Å²) in [5.41, 5.74) is 9.33. The van der Waals surface area contributed by atoms with E-state index in [0.29, 0.717) is 33.9 Å². The molecule has 0 bridgehead atoms. The number of nitrogens with zero attached hydrogens (tertiary/aromatic N) is 1. The van der Waals surface area contributed by atoms with Gasteiger partial charge in [0, 0.05) is 47.7 Å². The molecule has 168 valence electrons. The predicted octanol–water partition coefficient (Wildman–Crippen LogP) is 4.64. The summed E-state index contributed by atoms with van der Waals surface area (Å²) in [5.74, 6) is -0.0963. The van der Waals surface area contributed by atoms with Crippen molar-refractivity contribution in [1.29, 1.82) is 5.41 Å². The van der Waals surface area contributed by atoms with Crippen LogP contribution in [0.4, 0.5) is 18.9 Å². The van der Waals surface area contributed by atoms with Gasteiger partial charge in [0.25, 0.3) is 0 Å². The van der Waals surface area contributed by atoms with Gasteiger partial charge in [0.2, 0.25) is 5.91 Å². The summed E-state index contributed by atoms with van der Waals surface area (Å²) in [6.07, 6.45) is 5.96. The molecular weight excluding hydrogens is 421 g/mol. The second-order valence-electron chi connectivity index (χ2n) is 7.35. The van der Waals surface area contributed by atoms with Gasteiger partial charge in [-0.3, -0.25) is 9.78 Å². The van der Waals surface area contributed by atoms with Gasteiger partial charge in [0.1, 0.15) is 6.61 Å². The van der Waals surface area contributed by atoms with E-state index in [9.17, 15) is 18.0 Å². The third-order valence-electron chi connectivity index (χ3n) is 4.86. The molecule has 3 rings (SSSR count). The van der Waals surface area contributed by atoms with Gasteiger partial charge in [0.05, 0.1) is 6.61 Å². The van der Waals surface area contributed by atoms with Crippen LogP contribution < -0.4 is 11.1 Å². The number of anilines is 1. The number of ether oxygens (including phenoxy) is 1. The van der Waals surface area contributed by atoms with E-state index in [4.69, 9.17) is 15.9 Å². The van der Waals surface area contributed by atoms with Crippen molar-refractivity contribution in [3.8, 4) is 0 Å². The zero-order valence-electron chi connectivity index (χ0n) is 17.2. The van der Waals surface area contributed by atoms with Crippen LogP contribution in [0.15, 0.2) is 48.9 Å². The minimum absolute atomic E-state index is 0.179. The summed E-state index contributed by atoms with van der Waals surface area (Å²) in [4.78, 5) is 16.4. The van der Waals surface area contributed by atoms with Crippen molar-refractivity contribution in [2.24, 2.45) is 5.73 Å². The van der Waals surface area contributed by atoms with Crippen LogP contribution in [0.2, 0.25) is 0 Å². The number of rotatable bonds is 9. The highest BCUT2D eigenvalue weighted by Gasteiger charge is 2.29. The van der Waals surface area contributed by atoms with Crippen molar-refractivity contribution in [2.75, 3.05) is 11.9 Å². The molecule has 1 aliphatic carbocycles. The van der Waals surface area contributed by atoms with E-state index in [-0.39, 0.29) is 6.61 Å². The minimum Gasteiger partial charge on any atom is -0.404 e. The second kappa shape index (κ2) is 10.2. The number of hydrogen-bond donors (Lipinski definition) is 3. The summed E-state index contributed by atoms with van der Waals surface area (Å²) >= 11 is 0. The van der Waals surface area contributed by atoms with E-state index in [1.807, 2.05) is 6.07 Å². The Morgan fingerprint density at radius 3 is 2.75 bits per heavy atom. The summed E-state index contributed by atoms with van der Waals surface area (Å²) in [6.45, 7) is -1.50. The maximum absolute atomic E-state index is 12.4. The predicted molar refractivity (Wildman–Crippen MR) is 117 cm³/mol. The normalized spacial score (nSPS) is 14.5. The Kier molecular flexibility index (Phi) is 7.42.